The number of thiophene rings is 1. The molecular formula is C16H14ClFN2O3S. The molecule has 0 unspecified atom stereocenters. The zero-order valence-corrected chi connectivity index (χ0v) is 14.1. The second kappa shape index (κ2) is 6.78. The van der Waals surface area contributed by atoms with E-state index in [1.165, 1.54) is 23.5 Å². The second-order valence-electron chi connectivity index (χ2n) is 5.34. The molecule has 2 amide bonds. The van der Waals surface area contributed by atoms with Crippen LogP contribution in [0.3, 0.4) is 0 Å². The maximum atomic E-state index is 13.0. The average Bonchev–Trinajstić information content (AvgIpc) is 3.06. The van der Waals surface area contributed by atoms with Gasteiger partial charge in [-0.1, -0.05) is 11.6 Å². The molecular weight excluding hydrogens is 355 g/mol. The number of rotatable bonds is 5. The molecule has 1 aromatic heterocycles. The predicted octanol–water partition coefficient (Wildman–Crippen LogP) is 3.15. The van der Waals surface area contributed by atoms with Gasteiger partial charge in [0, 0.05) is 4.88 Å². The Balaban J connectivity index is 1.68. The Kier molecular flexibility index (Phi) is 4.73. The van der Waals surface area contributed by atoms with Gasteiger partial charge in [-0.3, -0.25) is 9.59 Å². The molecule has 5 nitrogen and oxygen atoms in total. The van der Waals surface area contributed by atoms with Gasteiger partial charge in [-0.15, -0.1) is 11.3 Å². The topological polar surface area (TPSA) is 81.4 Å². The van der Waals surface area contributed by atoms with Gasteiger partial charge in [0.1, 0.15) is 16.6 Å². The van der Waals surface area contributed by atoms with Gasteiger partial charge in [0.2, 0.25) is 0 Å². The number of anilines is 1. The van der Waals surface area contributed by atoms with Crippen molar-refractivity contribution < 1.29 is 18.7 Å². The molecule has 0 atom stereocenters. The van der Waals surface area contributed by atoms with Crippen LogP contribution in [0.15, 0.2) is 18.2 Å². The van der Waals surface area contributed by atoms with E-state index in [1.54, 1.807) is 0 Å². The lowest BCUT2D eigenvalue weighted by Gasteiger charge is -2.09. The first kappa shape index (κ1) is 16.7. The van der Waals surface area contributed by atoms with Crippen molar-refractivity contribution >= 4 is 39.8 Å². The summed E-state index contributed by atoms with van der Waals surface area (Å²) in [6, 6.07) is 3.64. The monoisotopic (exact) mass is 368 g/mol. The van der Waals surface area contributed by atoms with Crippen LogP contribution in [-0.2, 0) is 17.6 Å². The highest BCUT2D eigenvalue weighted by molar-refractivity contribution is 7.17. The summed E-state index contributed by atoms with van der Waals surface area (Å²) in [6.07, 6.45) is 2.67. The molecule has 0 aliphatic heterocycles. The molecule has 2 aromatic rings. The molecule has 0 fully saturated rings. The van der Waals surface area contributed by atoms with Crippen LogP contribution in [0.4, 0.5) is 9.39 Å². The van der Waals surface area contributed by atoms with E-state index in [2.05, 4.69) is 5.32 Å². The highest BCUT2D eigenvalue weighted by Gasteiger charge is 2.26. The summed E-state index contributed by atoms with van der Waals surface area (Å²) < 4.78 is 18.3. The molecule has 0 saturated carbocycles. The number of aryl methyl sites for hydroxylation is 1. The van der Waals surface area contributed by atoms with E-state index in [-0.39, 0.29) is 17.4 Å². The minimum absolute atomic E-state index is 0.0794. The van der Waals surface area contributed by atoms with Gasteiger partial charge in [-0.2, -0.15) is 0 Å². The number of hydrogen-bond acceptors (Lipinski definition) is 4. The Morgan fingerprint density at radius 3 is 2.88 bits per heavy atom. The van der Waals surface area contributed by atoms with Crippen LogP contribution in [0.1, 0.15) is 27.2 Å². The fourth-order valence-electron chi connectivity index (χ4n) is 2.65. The van der Waals surface area contributed by atoms with Gasteiger partial charge in [0.05, 0.1) is 10.6 Å². The molecule has 0 saturated heterocycles. The summed E-state index contributed by atoms with van der Waals surface area (Å²) in [5.74, 6) is -1.28. The molecule has 3 N–H and O–H groups in total. The lowest BCUT2D eigenvalue weighted by atomic mass is 10.1. The first-order valence-corrected chi connectivity index (χ1v) is 8.47. The third-order valence-electron chi connectivity index (χ3n) is 3.67. The van der Waals surface area contributed by atoms with Gasteiger partial charge >= 0.3 is 0 Å². The van der Waals surface area contributed by atoms with Gasteiger partial charge in [0.15, 0.2) is 6.61 Å². The van der Waals surface area contributed by atoms with Crippen molar-refractivity contribution in [3.05, 3.63) is 45.0 Å². The molecule has 24 heavy (non-hydrogen) atoms. The summed E-state index contributed by atoms with van der Waals surface area (Å²) in [5.41, 5.74) is 6.76. The third-order valence-corrected chi connectivity index (χ3v) is 5.18. The number of nitrogens with two attached hydrogens (primary N) is 1. The lowest BCUT2D eigenvalue weighted by molar-refractivity contribution is -0.118. The van der Waals surface area contributed by atoms with Gasteiger partial charge in [-0.25, -0.2) is 4.39 Å². The lowest BCUT2D eigenvalue weighted by Crippen LogP contribution is -2.22. The first-order valence-electron chi connectivity index (χ1n) is 7.27. The Morgan fingerprint density at radius 1 is 1.38 bits per heavy atom. The Hall–Kier alpha value is -2.12. The van der Waals surface area contributed by atoms with Crippen LogP contribution >= 0.6 is 22.9 Å². The minimum atomic E-state index is -0.549. The summed E-state index contributed by atoms with van der Waals surface area (Å²) in [5, 5.41) is 3.19. The Bertz CT molecular complexity index is 822. The van der Waals surface area contributed by atoms with E-state index in [0.717, 1.165) is 35.8 Å². The summed E-state index contributed by atoms with van der Waals surface area (Å²) in [6.45, 7) is -0.313. The second-order valence-corrected chi connectivity index (χ2v) is 6.85. The van der Waals surface area contributed by atoms with Crippen molar-refractivity contribution in [3.63, 3.8) is 0 Å². The maximum Gasteiger partial charge on any atom is 0.262 e. The molecule has 3 rings (SSSR count). The number of nitrogens with one attached hydrogen (secondary N) is 1. The molecule has 126 valence electrons. The molecule has 0 radical (unpaired) electrons. The van der Waals surface area contributed by atoms with Crippen LogP contribution in [0.25, 0.3) is 0 Å². The van der Waals surface area contributed by atoms with Gasteiger partial charge < -0.3 is 15.8 Å². The van der Waals surface area contributed by atoms with Gasteiger partial charge in [0.25, 0.3) is 11.8 Å². The van der Waals surface area contributed by atoms with E-state index in [9.17, 15) is 14.0 Å². The zero-order valence-electron chi connectivity index (χ0n) is 12.5. The predicted molar refractivity (Wildman–Crippen MR) is 90.4 cm³/mol. The Labute approximate surface area is 146 Å². The van der Waals surface area contributed by atoms with Crippen LogP contribution < -0.4 is 15.8 Å². The van der Waals surface area contributed by atoms with Crippen molar-refractivity contribution in [3.8, 4) is 5.75 Å². The maximum absolute atomic E-state index is 13.0. The largest absolute Gasteiger partial charge is 0.482 e. The fraction of sp³-hybridized carbons (Fsp3) is 0.250. The fourth-order valence-corrected chi connectivity index (χ4v) is 4.18. The number of hydrogen-bond donors (Lipinski definition) is 2. The van der Waals surface area contributed by atoms with Crippen molar-refractivity contribution in [1.29, 1.82) is 0 Å². The number of primary amides is 1. The number of amides is 2. The SMILES string of the molecule is NC(=O)c1c(NC(=O)COc2ccc(F)cc2Cl)sc2c1CCC2. The van der Waals surface area contributed by atoms with Crippen molar-refractivity contribution in [1.82, 2.24) is 0 Å². The molecule has 0 spiro atoms. The van der Waals surface area contributed by atoms with Crippen LogP contribution in [0.2, 0.25) is 5.02 Å². The molecule has 1 aliphatic carbocycles. The van der Waals surface area contributed by atoms with Crippen LogP contribution in [0.5, 0.6) is 5.75 Å². The standard InChI is InChI=1S/C16H14ClFN2O3S/c17-10-6-8(18)4-5-11(10)23-7-13(21)20-16-14(15(19)22)9-2-1-3-12(9)24-16/h4-6H,1-3,7H2,(H2,19,22)(H,20,21). The number of halogens is 2. The van der Waals surface area contributed by atoms with E-state index < -0.39 is 17.6 Å². The molecule has 0 bridgehead atoms. The molecule has 8 heteroatoms. The van der Waals surface area contributed by atoms with Crippen molar-refractivity contribution in [2.75, 3.05) is 11.9 Å². The van der Waals surface area contributed by atoms with Crippen molar-refractivity contribution in [2.45, 2.75) is 19.3 Å². The third kappa shape index (κ3) is 3.37. The van der Waals surface area contributed by atoms with Gasteiger partial charge in [-0.05, 0) is 43.0 Å². The Morgan fingerprint density at radius 2 is 2.17 bits per heavy atom. The number of carbonyl (C=O) groups excluding carboxylic acids is 2. The van der Waals surface area contributed by atoms with E-state index >= 15 is 0 Å². The number of ether oxygens (including phenoxy) is 1. The highest BCUT2D eigenvalue weighted by Crippen LogP contribution is 2.38. The quantitative estimate of drug-likeness (QED) is 0.850. The smallest absolute Gasteiger partial charge is 0.262 e. The first-order chi connectivity index (χ1) is 11.5. The normalized spacial score (nSPS) is 12.8. The molecule has 1 aromatic carbocycles. The van der Waals surface area contributed by atoms with E-state index in [4.69, 9.17) is 22.1 Å². The molecule has 1 heterocycles. The van der Waals surface area contributed by atoms with Crippen LogP contribution in [-0.4, -0.2) is 18.4 Å². The highest BCUT2D eigenvalue weighted by atomic mass is 35.5. The summed E-state index contributed by atoms with van der Waals surface area (Å²) in [7, 11) is 0. The zero-order chi connectivity index (χ0) is 17.3. The van der Waals surface area contributed by atoms with E-state index in [1.807, 2.05) is 0 Å². The number of fused-ring (bicyclic) bond motifs is 1. The molecule has 1 aliphatic rings. The minimum Gasteiger partial charge on any atom is -0.482 e. The van der Waals surface area contributed by atoms with E-state index in [0.29, 0.717) is 10.6 Å². The number of carbonyl (C=O) groups is 2. The summed E-state index contributed by atoms with van der Waals surface area (Å²) >= 11 is 7.20. The van der Waals surface area contributed by atoms with Crippen LogP contribution in [0, 0.1) is 5.82 Å². The van der Waals surface area contributed by atoms with Crippen molar-refractivity contribution in [2.24, 2.45) is 5.73 Å². The number of benzene rings is 1. The average molecular weight is 369 g/mol. The summed E-state index contributed by atoms with van der Waals surface area (Å²) in [4.78, 5) is 24.8.